The minimum atomic E-state index is 0.273. The molecule has 1 aromatic rings. The molecule has 1 N–H and O–H groups in total. The first-order valence-corrected chi connectivity index (χ1v) is 8.44. The van der Waals surface area contributed by atoms with Gasteiger partial charge in [0.2, 0.25) is 0 Å². The average molecular weight is 292 g/mol. The summed E-state index contributed by atoms with van der Waals surface area (Å²) in [5.41, 5.74) is 0.273. The number of aryl methyl sites for hydroxylation is 1. The molecule has 4 nitrogen and oxygen atoms in total. The monoisotopic (exact) mass is 292 g/mol. The normalized spacial score (nSPS) is 28.7. The molecule has 120 valence electrons. The maximum Gasteiger partial charge on any atom is 0.109 e. The third-order valence-corrected chi connectivity index (χ3v) is 5.54. The summed E-state index contributed by atoms with van der Waals surface area (Å²) in [6.45, 7) is 12.7. The van der Waals surface area contributed by atoms with E-state index in [0.717, 1.165) is 32.0 Å². The van der Waals surface area contributed by atoms with Gasteiger partial charge in [-0.1, -0.05) is 27.2 Å². The molecule has 21 heavy (non-hydrogen) atoms. The van der Waals surface area contributed by atoms with Crippen molar-refractivity contribution >= 4 is 0 Å². The Balaban J connectivity index is 2.02. The van der Waals surface area contributed by atoms with Crippen LogP contribution in [-0.2, 0) is 13.5 Å². The van der Waals surface area contributed by atoms with Crippen molar-refractivity contribution in [3.63, 3.8) is 0 Å². The fourth-order valence-corrected chi connectivity index (χ4v) is 3.23. The standard InChI is InChI=1S/C17H32N4/c1-6-14(3)15-12-21(17(4,7-2)13-19-15)10-8-16-18-9-11-20(16)5/h9,11,14-15,19H,6-8,10,12-13H2,1-5H3. The Kier molecular flexibility index (Phi) is 5.44. The molecule has 1 aliphatic heterocycles. The van der Waals surface area contributed by atoms with E-state index < -0.39 is 0 Å². The van der Waals surface area contributed by atoms with Gasteiger partial charge in [-0.25, -0.2) is 4.98 Å². The molecular weight excluding hydrogens is 260 g/mol. The van der Waals surface area contributed by atoms with Crippen LogP contribution in [0, 0.1) is 5.92 Å². The fraction of sp³-hybridized carbons (Fsp3) is 0.824. The quantitative estimate of drug-likeness (QED) is 0.874. The summed E-state index contributed by atoms with van der Waals surface area (Å²) in [5.74, 6) is 1.93. The van der Waals surface area contributed by atoms with Gasteiger partial charge in [0.15, 0.2) is 0 Å². The van der Waals surface area contributed by atoms with Gasteiger partial charge in [0.25, 0.3) is 0 Å². The van der Waals surface area contributed by atoms with Gasteiger partial charge in [-0.15, -0.1) is 0 Å². The second kappa shape index (κ2) is 6.93. The molecule has 3 atom stereocenters. The van der Waals surface area contributed by atoms with Crippen molar-refractivity contribution in [1.29, 1.82) is 0 Å². The molecule has 1 aliphatic rings. The summed E-state index contributed by atoms with van der Waals surface area (Å²) in [6, 6.07) is 0.621. The van der Waals surface area contributed by atoms with Gasteiger partial charge in [-0.05, 0) is 19.3 Å². The van der Waals surface area contributed by atoms with Crippen LogP contribution in [0.15, 0.2) is 12.4 Å². The summed E-state index contributed by atoms with van der Waals surface area (Å²) in [6.07, 6.45) is 7.40. The number of nitrogens with one attached hydrogen (secondary N) is 1. The molecule has 0 radical (unpaired) electrons. The average Bonchev–Trinajstić information content (AvgIpc) is 2.91. The van der Waals surface area contributed by atoms with Gasteiger partial charge in [-0.3, -0.25) is 4.90 Å². The number of imidazole rings is 1. The van der Waals surface area contributed by atoms with E-state index in [1.165, 1.54) is 18.7 Å². The van der Waals surface area contributed by atoms with E-state index in [0.29, 0.717) is 6.04 Å². The van der Waals surface area contributed by atoms with Crippen LogP contribution in [0.5, 0.6) is 0 Å². The number of nitrogens with zero attached hydrogens (tertiary/aromatic N) is 3. The highest BCUT2D eigenvalue weighted by molar-refractivity contribution is 4.99. The summed E-state index contributed by atoms with van der Waals surface area (Å²) in [7, 11) is 2.08. The fourth-order valence-electron chi connectivity index (χ4n) is 3.23. The third kappa shape index (κ3) is 3.67. The Morgan fingerprint density at radius 1 is 1.48 bits per heavy atom. The Bertz CT molecular complexity index is 442. The highest BCUT2D eigenvalue weighted by Gasteiger charge is 2.37. The molecule has 2 rings (SSSR count). The third-order valence-electron chi connectivity index (χ3n) is 5.54. The van der Waals surface area contributed by atoms with Crippen molar-refractivity contribution < 1.29 is 0 Å². The SMILES string of the molecule is CCC(C)C1CN(CCc2nccn2C)C(C)(CC)CN1. The van der Waals surface area contributed by atoms with Gasteiger partial charge >= 0.3 is 0 Å². The molecule has 0 spiro atoms. The Morgan fingerprint density at radius 2 is 2.24 bits per heavy atom. The zero-order valence-electron chi connectivity index (χ0n) is 14.4. The highest BCUT2D eigenvalue weighted by atomic mass is 15.3. The molecule has 0 amide bonds. The molecule has 3 unspecified atom stereocenters. The number of piperazine rings is 1. The molecule has 0 aliphatic carbocycles. The predicted octanol–water partition coefficient (Wildman–Crippen LogP) is 2.45. The van der Waals surface area contributed by atoms with Gasteiger partial charge in [-0.2, -0.15) is 0 Å². The van der Waals surface area contributed by atoms with Gasteiger partial charge < -0.3 is 9.88 Å². The number of hydrogen-bond donors (Lipinski definition) is 1. The van der Waals surface area contributed by atoms with Gasteiger partial charge in [0, 0.05) is 57.1 Å². The second-order valence-electron chi connectivity index (χ2n) is 6.87. The minimum Gasteiger partial charge on any atom is -0.338 e. The maximum absolute atomic E-state index is 4.46. The summed E-state index contributed by atoms with van der Waals surface area (Å²) in [4.78, 5) is 7.15. The van der Waals surface area contributed by atoms with Gasteiger partial charge in [0.05, 0.1) is 0 Å². The van der Waals surface area contributed by atoms with Crippen LogP contribution in [0.3, 0.4) is 0 Å². The lowest BCUT2D eigenvalue weighted by Crippen LogP contribution is -2.64. The molecule has 0 aromatic carbocycles. The zero-order chi connectivity index (χ0) is 15.5. The molecule has 2 heterocycles. The van der Waals surface area contributed by atoms with Crippen molar-refractivity contribution in [2.75, 3.05) is 19.6 Å². The molecule has 4 heteroatoms. The van der Waals surface area contributed by atoms with E-state index in [4.69, 9.17) is 0 Å². The van der Waals surface area contributed by atoms with Crippen molar-refractivity contribution in [3.8, 4) is 0 Å². The Hall–Kier alpha value is -0.870. The molecule has 1 aromatic heterocycles. The van der Waals surface area contributed by atoms with Gasteiger partial charge in [0.1, 0.15) is 5.82 Å². The minimum absolute atomic E-state index is 0.273. The van der Waals surface area contributed by atoms with E-state index in [1.807, 2.05) is 12.4 Å². The second-order valence-corrected chi connectivity index (χ2v) is 6.87. The van der Waals surface area contributed by atoms with E-state index in [-0.39, 0.29) is 5.54 Å². The van der Waals surface area contributed by atoms with Crippen LogP contribution in [0.25, 0.3) is 0 Å². The molecule has 0 bridgehead atoms. The zero-order valence-corrected chi connectivity index (χ0v) is 14.4. The van der Waals surface area contributed by atoms with Crippen LogP contribution in [0.2, 0.25) is 0 Å². The van der Waals surface area contributed by atoms with E-state index in [9.17, 15) is 0 Å². The van der Waals surface area contributed by atoms with E-state index in [2.05, 4.69) is 54.5 Å². The van der Waals surface area contributed by atoms with Crippen LogP contribution in [-0.4, -0.2) is 45.7 Å². The Labute approximate surface area is 129 Å². The summed E-state index contributed by atoms with van der Waals surface area (Å²) in [5, 5.41) is 3.78. The maximum atomic E-state index is 4.46. The van der Waals surface area contributed by atoms with Crippen LogP contribution < -0.4 is 5.32 Å². The first-order valence-electron chi connectivity index (χ1n) is 8.44. The first kappa shape index (κ1) is 16.5. The number of aromatic nitrogens is 2. The predicted molar refractivity (Wildman–Crippen MR) is 88.4 cm³/mol. The highest BCUT2D eigenvalue weighted by Crippen LogP contribution is 2.25. The molecular formula is C17H32N4. The van der Waals surface area contributed by atoms with Crippen molar-refractivity contribution in [2.45, 2.75) is 58.5 Å². The van der Waals surface area contributed by atoms with E-state index in [1.54, 1.807) is 0 Å². The Morgan fingerprint density at radius 3 is 2.81 bits per heavy atom. The van der Waals surface area contributed by atoms with Crippen LogP contribution >= 0.6 is 0 Å². The summed E-state index contributed by atoms with van der Waals surface area (Å²) < 4.78 is 2.14. The molecule has 0 saturated carbocycles. The summed E-state index contributed by atoms with van der Waals surface area (Å²) >= 11 is 0. The lowest BCUT2D eigenvalue weighted by Gasteiger charge is -2.49. The van der Waals surface area contributed by atoms with Crippen LogP contribution in [0.4, 0.5) is 0 Å². The lowest BCUT2D eigenvalue weighted by molar-refractivity contribution is 0.0368. The topological polar surface area (TPSA) is 33.1 Å². The van der Waals surface area contributed by atoms with Crippen molar-refractivity contribution in [1.82, 2.24) is 19.8 Å². The molecule has 1 saturated heterocycles. The lowest BCUT2D eigenvalue weighted by atomic mass is 9.88. The number of hydrogen-bond acceptors (Lipinski definition) is 3. The number of rotatable bonds is 6. The molecule has 1 fully saturated rings. The largest absolute Gasteiger partial charge is 0.338 e. The first-order chi connectivity index (χ1) is 10.00. The van der Waals surface area contributed by atoms with E-state index >= 15 is 0 Å². The van der Waals surface area contributed by atoms with Crippen molar-refractivity contribution in [2.24, 2.45) is 13.0 Å². The van der Waals surface area contributed by atoms with Crippen LogP contribution in [0.1, 0.15) is 46.4 Å². The van der Waals surface area contributed by atoms with Crippen molar-refractivity contribution in [3.05, 3.63) is 18.2 Å². The smallest absolute Gasteiger partial charge is 0.109 e.